The second-order valence-corrected chi connectivity index (χ2v) is 5.98. The predicted molar refractivity (Wildman–Crippen MR) is 79.0 cm³/mol. The van der Waals surface area contributed by atoms with Gasteiger partial charge in [0.1, 0.15) is 0 Å². The van der Waals surface area contributed by atoms with E-state index in [2.05, 4.69) is 49.9 Å². The zero-order valence-corrected chi connectivity index (χ0v) is 11.9. The predicted octanol–water partition coefficient (Wildman–Crippen LogP) is 3.20. The minimum atomic E-state index is 0.221. The first-order valence-electron chi connectivity index (χ1n) is 7.19. The second-order valence-electron chi connectivity index (χ2n) is 5.98. The Balaban J connectivity index is 2.26. The summed E-state index contributed by atoms with van der Waals surface area (Å²) in [5, 5.41) is 0. The van der Waals surface area contributed by atoms with E-state index in [1.54, 1.807) is 0 Å². The average Bonchev–Trinajstić information content (AvgIpc) is 2.35. The SMILES string of the molecule is CC(C)C[C@@H]([C@H](C)N)N1CCCc2ccccc21. The van der Waals surface area contributed by atoms with E-state index < -0.39 is 0 Å². The summed E-state index contributed by atoms with van der Waals surface area (Å²) in [6.45, 7) is 7.86. The molecule has 0 saturated heterocycles. The van der Waals surface area contributed by atoms with E-state index in [4.69, 9.17) is 5.73 Å². The molecule has 0 spiro atoms. The highest BCUT2D eigenvalue weighted by Gasteiger charge is 2.26. The van der Waals surface area contributed by atoms with Crippen molar-refractivity contribution in [3.05, 3.63) is 29.8 Å². The Morgan fingerprint density at radius 3 is 2.61 bits per heavy atom. The lowest BCUT2D eigenvalue weighted by molar-refractivity contribution is 0.411. The first-order valence-corrected chi connectivity index (χ1v) is 7.19. The van der Waals surface area contributed by atoms with E-state index in [0.29, 0.717) is 12.0 Å². The third-order valence-electron chi connectivity index (χ3n) is 3.87. The Labute approximate surface area is 111 Å². The van der Waals surface area contributed by atoms with Gasteiger partial charge in [-0.15, -0.1) is 0 Å². The first-order chi connectivity index (χ1) is 8.59. The molecule has 100 valence electrons. The molecule has 0 saturated carbocycles. The van der Waals surface area contributed by atoms with Crippen LogP contribution < -0.4 is 10.6 Å². The molecular weight excluding hydrogens is 220 g/mol. The molecule has 0 bridgehead atoms. The van der Waals surface area contributed by atoms with Gasteiger partial charge in [-0.3, -0.25) is 0 Å². The number of fused-ring (bicyclic) bond motifs is 1. The molecule has 2 atom stereocenters. The molecule has 1 aliphatic rings. The molecule has 0 fully saturated rings. The molecule has 1 aromatic carbocycles. The maximum atomic E-state index is 6.23. The van der Waals surface area contributed by atoms with Crippen LogP contribution in [-0.2, 0) is 6.42 Å². The van der Waals surface area contributed by atoms with Crippen LogP contribution in [0.5, 0.6) is 0 Å². The van der Waals surface area contributed by atoms with Crippen molar-refractivity contribution < 1.29 is 0 Å². The fourth-order valence-electron chi connectivity index (χ4n) is 3.02. The van der Waals surface area contributed by atoms with Crippen LogP contribution in [0.25, 0.3) is 0 Å². The van der Waals surface area contributed by atoms with Gasteiger partial charge in [-0.1, -0.05) is 32.0 Å². The van der Waals surface area contributed by atoms with Gasteiger partial charge in [0.2, 0.25) is 0 Å². The van der Waals surface area contributed by atoms with Crippen LogP contribution >= 0.6 is 0 Å². The van der Waals surface area contributed by atoms with Crippen LogP contribution in [0.1, 0.15) is 39.2 Å². The van der Waals surface area contributed by atoms with Gasteiger partial charge in [-0.2, -0.15) is 0 Å². The maximum absolute atomic E-state index is 6.23. The van der Waals surface area contributed by atoms with Crippen LogP contribution in [0.3, 0.4) is 0 Å². The van der Waals surface area contributed by atoms with Gasteiger partial charge in [-0.05, 0) is 43.7 Å². The summed E-state index contributed by atoms with van der Waals surface area (Å²) in [4.78, 5) is 2.55. The molecular formula is C16H26N2. The number of hydrogen-bond acceptors (Lipinski definition) is 2. The highest BCUT2D eigenvalue weighted by atomic mass is 15.2. The normalized spacial score (nSPS) is 18.6. The van der Waals surface area contributed by atoms with Crippen molar-refractivity contribution >= 4 is 5.69 Å². The van der Waals surface area contributed by atoms with Gasteiger partial charge in [-0.25, -0.2) is 0 Å². The zero-order chi connectivity index (χ0) is 13.1. The van der Waals surface area contributed by atoms with E-state index in [-0.39, 0.29) is 6.04 Å². The summed E-state index contributed by atoms with van der Waals surface area (Å²) >= 11 is 0. The van der Waals surface area contributed by atoms with Gasteiger partial charge >= 0.3 is 0 Å². The largest absolute Gasteiger partial charge is 0.367 e. The maximum Gasteiger partial charge on any atom is 0.0440 e. The summed E-state index contributed by atoms with van der Waals surface area (Å²) in [5.41, 5.74) is 9.12. The number of aryl methyl sites for hydroxylation is 1. The quantitative estimate of drug-likeness (QED) is 0.884. The Bertz CT molecular complexity index is 384. The summed E-state index contributed by atoms with van der Waals surface area (Å²) in [6, 6.07) is 9.49. The first kappa shape index (κ1) is 13.4. The molecule has 2 rings (SSSR count). The van der Waals surface area contributed by atoms with Crippen molar-refractivity contribution in [1.29, 1.82) is 0 Å². The Kier molecular flexibility index (Phi) is 4.28. The van der Waals surface area contributed by atoms with E-state index in [1.165, 1.54) is 30.5 Å². The molecule has 1 heterocycles. The Hall–Kier alpha value is -1.02. The van der Waals surface area contributed by atoms with Crippen molar-refractivity contribution in [3.8, 4) is 0 Å². The molecule has 2 N–H and O–H groups in total. The van der Waals surface area contributed by atoms with Gasteiger partial charge < -0.3 is 10.6 Å². The number of nitrogens with zero attached hydrogens (tertiary/aromatic N) is 1. The third-order valence-corrected chi connectivity index (χ3v) is 3.87. The van der Waals surface area contributed by atoms with E-state index in [1.807, 2.05) is 0 Å². The second kappa shape index (κ2) is 5.75. The lowest BCUT2D eigenvalue weighted by Crippen LogP contribution is -2.49. The summed E-state index contributed by atoms with van der Waals surface area (Å²) in [7, 11) is 0. The van der Waals surface area contributed by atoms with Crippen LogP contribution in [0, 0.1) is 5.92 Å². The zero-order valence-electron chi connectivity index (χ0n) is 11.9. The molecule has 1 aromatic rings. The lowest BCUT2D eigenvalue weighted by Gasteiger charge is -2.40. The van der Waals surface area contributed by atoms with Crippen molar-refractivity contribution in [3.63, 3.8) is 0 Å². The Morgan fingerprint density at radius 1 is 1.22 bits per heavy atom. The van der Waals surface area contributed by atoms with Gasteiger partial charge in [0.05, 0.1) is 0 Å². The topological polar surface area (TPSA) is 29.3 Å². The average molecular weight is 246 g/mol. The van der Waals surface area contributed by atoms with Gasteiger partial charge in [0.15, 0.2) is 0 Å². The molecule has 0 unspecified atom stereocenters. The van der Waals surface area contributed by atoms with Crippen LogP contribution in [0.15, 0.2) is 24.3 Å². The highest BCUT2D eigenvalue weighted by molar-refractivity contribution is 5.56. The van der Waals surface area contributed by atoms with Gasteiger partial charge in [0, 0.05) is 24.3 Å². The lowest BCUT2D eigenvalue weighted by atomic mass is 9.93. The highest BCUT2D eigenvalue weighted by Crippen LogP contribution is 2.30. The molecule has 18 heavy (non-hydrogen) atoms. The van der Waals surface area contributed by atoms with Crippen molar-refractivity contribution in [2.24, 2.45) is 11.7 Å². The Morgan fingerprint density at radius 2 is 1.94 bits per heavy atom. The molecule has 2 nitrogen and oxygen atoms in total. The van der Waals surface area contributed by atoms with E-state index >= 15 is 0 Å². The van der Waals surface area contributed by atoms with E-state index in [9.17, 15) is 0 Å². The number of para-hydroxylation sites is 1. The number of hydrogen-bond donors (Lipinski definition) is 1. The monoisotopic (exact) mass is 246 g/mol. The number of benzene rings is 1. The van der Waals surface area contributed by atoms with Crippen LogP contribution in [-0.4, -0.2) is 18.6 Å². The minimum Gasteiger partial charge on any atom is -0.367 e. The van der Waals surface area contributed by atoms with Crippen LogP contribution in [0.4, 0.5) is 5.69 Å². The van der Waals surface area contributed by atoms with Crippen molar-refractivity contribution in [2.45, 2.75) is 52.1 Å². The fraction of sp³-hybridized carbons (Fsp3) is 0.625. The summed E-state index contributed by atoms with van der Waals surface area (Å²) in [5.74, 6) is 0.690. The molecule has 0 amide bonds. The van der Waals surface area contributed by atoms with Crippen molar-refractivity contribution in [1.82, 2.24) is 0 Å². The van der Waals surface area contributed by atoms with Crippen molar-refractivity contribution in [2.75, 3.05) is 11.4 Å². The number of rotatable bonds is 4. The molecule has 1 aliphatic heterocycles. The molecule has 0 aromatic heterocycles. The van der Waals surface area contributed by atoms with E-state index in [0.717, 1.165) is 6.54 Å². The molecule has 0 radical (unpaired) electrons. The summed E-state index contributed by atoms with van der Waals surface area (Å²) in [6.07, 6.45) is 3.63. The smallest absolute Gasteiger partial charge is 0.0440 e. The molecule has 0 aliphatic carbocycles. The fourth-order valence-corrected chi connectivity index (χ4v) is 3.02. The van der Waals surface area contributed by atoms with Crippen LogP contribution in [0.2, 0.25) is 0 Å². The van der Waals surface area contributed by atoms with Gasteiger partial charge in [0.25, 0.3) is 0 Å². The minimum absolute atomic E-state index is 0.221. The number of nitrogens with two attached hydrogens (primary N) is 1. The number of anilines is 1. The summed E-state index contributed by atoms with van der Waals surface area (Å²) < 4.78 is 0. The standard InChI is InChI=1S/C16H26N2/c1-12(2)11-16(13(3)17)18-10-6-8-14-7-4-5-9-15(14)18/h4-5,7,9,12-13,16H,6,8,10-11,17H2,1-3H3/t13-,16-/m0/s1. The third kappa shape index (κ3) is 2.86. The molecule has 2 heteroatoms.